The topological polar surface area (TPSA) is 32.3 Å². The minimum atomic E-state index is 0.222. The molecule has 1 amide bonds. The number of nitrogens with one attached hydrogen (secondary N) is 1. The molecule has 0 bridgehead atoms. The van der Waals surface area contributed by atoms with Crippen molar-refractivity contribution < 1.29 is 4.79 Å². The second-order valence-electron chi connectivity index (χ2n) is 5.37. The van der Waals surface area contributed by atoms with Crippen LogP contribution in [0.3, 0.4) is 0 Å². The van der Waals surface area contributed by atoms with E-state index >= 15 is 0 Å². The lowest BCUT2D eigenvalue weighted by Gasteiger charge is -2.20. The summed E-state index contributed by atoms with van der Waals surface area (Å²) in [5.41, 5.74) is 1.37. The summed E-state index contributed by atoms with van der Waals surface area (Å²) in [6, 6.07) is 10.6. The molecule has 3 nitrogen and oxygen atoms in total. The van der Waals surface area contributed by atoms with E-state index in [-0.39, 0.29) is 5.92 Å². The second-order valence-corrected chi connectivity index (χ2v) is 5.37. The van der Waals surface area contributed by atoms with E-state index in [1.54, 1.807) is 0 Å². The Kier molecular flexibility index (Phi) is 3.33. The molecule has 3 rings (SSSR count). The van der Waals surface area contributed by atoms with Gasteiger partial charge in [0.1, 0.15) is 0 Å². The number of rotatable bonds is 2. The van der Waals surface area contributed by atoms with Crippen LogP contribution in [0, 0.1) is 5.92 Å². The predicted molar refractivity (Wildman–Crippen MR) is 71.4 cm³/mol. The first kappa shape index (κ1) is 11.7. The van der Waals surface area contributed by atoms with Crippen LogP contribution in [0.4, 0.5) is 0 Å². The summed E-state index contributed by atoms with van der Waals surface area (Å²) < 4.78 is 0. The molecule has 2 aliphatic heterocycles. The Morgan fingerprint density at radius 2 is 2.06 bits per heavy atom. The monoisotopic (exact) mass is 244 g/mol. The lowest BCUT2D eigenvalue weighted by atomic mass is 9.99. The second kappa shape index (κ2) is 5.11. The van der Waals surface area contributed by atoms with Gasteiger partial charge in [-0.3, -0.25) is 4.79 Å². The molecular weight excluding hydrogens is 224 g/mol. The zero-order valence-corrected chi connectivity index (χ0v) is 10.6. The Labute approximate surface area is 108 Å². The fourth-order valence-corrected chi connectivity index (χ4v) is 3.08. The van der Waals surface area contributed by atoms with Crippen LogP contribution in [-0.2, 0) is 4.79 Å². The highest BCUT2D eigenvalue weighted by molar-refractivity contribution is 5.79. The van der Waals surface area contributed by atoms with Crippen LogP contribution < -0.4 is 5.32 Å². The van der Waals surface area contributed by atoms with E-state index in [9.17, 15) is 4.79 Å². The molecule has 2 heterocycles. The van der Waals surface area contributed by atoms with Crippen LogP contribution in [0.15, 0.2) is 30.3 Å². The average molecular weight is 244 g/mol. The van der Waals surface area contributed by atoms with Gasteiger partial charge in [-0.15, -0.1) is 0 Å². The van der Waals surface area contributed by atoms with Gasteiger partial charge in [0.2, 0.25) is 5.91 Å². The van der Waals surface area contributed by atoms with Gasteiger partial charge in [-0.1, -0.05) is 30.3 Å². The van der Waals surface area contributed by atoms with Gasteiger partial charge in [0.05, 0.1) is 5.92 Å². The van der Waals surface area contributed by atoms with Crippen molar-refractivity contribution in [2.24, 2.45) is 5.92 Å². The molecule has 3 heteroatoms. The van der Waals surface area contributed by atoms with Crippen LogP contribution >= 0.6 is 0 Å². The van der Waals surface area contributed by atoms with Crippen molar-refractivity contribution in [1.29, 1.82) is 0 Å². The van der Waals surface area contributed by atoms with Gasteiger partial charge >= 0.3 is 0 Å². The highest BCUT2D eigenvalue weighted by Crippen LogP contribution is 2.28. The molecule has 0 aliphatic carbocycles. The maximum Gasteiger partial charge on any atom is 0.227 e. The Bertz CT molecular complexity index is 412. The number of likely N-dealkylation sites (tertiary alicyclic amines) is 1. The third-order valence-corrected chi connectivity index (χ3v) is 4.18. The summed E-state index contributed by atoms with van der Waals surface area (Å²) in [6.45, 7) is 3.69. The Hall–Kier alpha value is -1.35. The largest absolute Gasteiger partial charge is 0.342 e. The first-order valence-corrected chi connectivity index (χ1v) is 6.89. The normalized spacial score (nSPS) is 27.7. The van der Waals surface area contributed by atoms with E-state index in [1.807, 2.05) is 6.07 Å². The average Bonchev–Trinajstić information content (AvgIpc) is 3.10. The van der Waals surface area contributed by atoms with Gasteiger partial charge in [0.25, 0.3) is 0 Å². The molecule has 1 aromatic carbocycles. The highest BCUT2D eigenvalue weighted by atomic mass is 16.2. The molecule has 0 aromatic heterocycles. The summed E-state index contributed by atoms with van der Waals surface area (Å²) >= 11 is 0. The lowest BCUT2D eigenvalue weighted by Crippen LogP contribution is -2.35. The highest BCUT2D eigenvalue weighted by Gasteiger charge is 2.32. The zero-order valence-electron chi connectivity index (χ0n) is 10.6. The standard InChI is InChI=1S/C15H20N2O/c18-15(13-6-8-16-10-13)17-9-7-14(11-17)12-4-2-1-3-5-12/h1-5,13-14,16H,6-11H2. The van der Waals surface area contributed by atoms with E-state index in [4.69, 9.17) is 0 Å². The van der Waals surface area contributed by atoms with Gasteiger partial charge in [0, 0.05) is 25.6 Å². The number of carbonyl (C=O) groups is 1. The molecule has 2 fully saturated rings. The maximum absolute atomic E-state index is 12.3. The first-order valence-electron chi connectivity index (χ1n) is 6.89. The molecule has 96 valence electrons. The molecule has 18 heavy (non-hydrogen) atoms. The van der Waals surface area contributed by atoms with E-state index in [1.165, 1.54) is 5.56 Å². The number of nitrogens with zero attached hydrogens (tertiary/aromatic N) is 1. The molecule has 2 saturated heterocycles. The molecule has 2 atom stereocenters. The van der Waals surface area contributed by atoms with E-state index < -0.39 is 0 Å². The molecule has 2 unspecified atom stereocenters. The summed E-state index contributed by atoms with van der Waals surface area (Å²) in [5, 5.41) is 3.27. The Morgan fingerprint density at radius 3 is 2.78 bits per heavy atom. The van der Waals surface area contributed by atoms with Gasteiger partial charge in [-0.25, -0.2) is 0 Å². The van der Waals surface area contributed by atoms with Crippen LogP contribution in [0.25, 0.3) is 0 Å². The summed E-state index contributed by atoms with van der Waals surface area (Å²) in [7, 11) is 0. The minimum absolute atomic E-state index is 0.222. The summed E-state index contributed by atoms with van der Waals surface area (Å²) in [5.74, 6) is 1.11. The number of amides is 1. The van der Waals surface area contributed by atoms with Crippen LogP contribution in [-0.4, -0.2) is 37.0 Å². The molecule has 0 spiro atoms. The van der Waals surface area contributed by atoms with Gasteiger partial charge in [-0.2, -0.15) is 0 Å². The van der Waals surface area contributed by atoms with Crippen molar-refractivity contribution in [2.75, 3.05) is 26.2 Å². The zero-order chi connectivity index (χ0) is 12.4. The molecular formula is C15H20N2O. The van der Waals surface area contributed by atoms with E-state index in [0.29, 0.717) is 11.8 Å². The third kappa shape index (κ3) is 2.27. The SMILES string of the molecule is O=C(C1CCNC1)N1CCC(c2ccccc2)C1. The number of hydrogen-bond acceptors (Lipinski definition) is 2. The molecule has 1 aromatic rings. The van der Waals surface area contributed by atoms with Crippen molar-refractivity contribution in [3.05, 3.63) is 35.9 Å². The van der Waals surface area contributed by atoms with Crippen molar-refractivity contribution in [2.45, 2.75) is 18.8 Å². The summed E-state index contributed by atoms with van der Waals surface area (Å²) in [4.78, 5) is 14.4. The fourth-order valence-electron chi connectivity index (χ4n) is 3.08. The fraction of sp³-hybridized carbons (Fsp3) is 0.533. The first-order chi connectivity index (χ1) is 8.84. The molecule has 0 saturated carbocycles. The molecule has 1 N–H and O–H groups in total. The smallest absolute Gasteiger partial charge is 0.227 e. The summed E-state index contributed by atoms with van der Waals surface area (Å²) in [6.07, 6.45) is 2.11. The van der Waals surface area contributed by atoms with Crippen LogP contribution in [0.2, 0.25) is 0 Å². The minimum Gasteiger partial charge on any atom is -0.342 e. The van der Waals surface area contributed by atoms with Crippen molar-refractivity contribution in [1.82, 2.24) is 10.2 Å². The number of hydrogen-bond donors (Lipinski definition) is 1. The lowest BCUT2D eigenvalue weighted by molar-refractivity contribution is -0.133. The van der Waals surface area contributed by atoms with Crippen molar-refractivity contribution in [3.8, 4) is 0 Å². The number of benzene rings is 1. The predicted octanol–water partition coefficient (Wildman–Crippen LogP) is 1.61. The van der Waals surface area contributed by atoms with Gasteiger partial charge in [-0.05, 0) is 24.9 Å². The van der Waals surface area contributed by atoms with Gasteiger partial charge < -0.3 is 10.2 Å². The quantitative estimate of drug-likeness (QED) is 0.857. The van der Waals surface area contributed by atoms with Gasteiger partial charge in [0.15, 0.2) is 0 Å². The van der Waals surface area contributed by atoms with Crippen molar-refractivity contribution >= 4 is 5.91 Å². The third-order valence-electron chi connectivity index (χ3n) is 4.18. The van der Waals surface area contributed by atoms with Crippen LogP contribution in [0.5, 0.6) is 0 Å². The Balaban J connectivity index is 1.63. The maximum atomic E-state index is 12.3. The number of carbonyl (C=O) groups excluding carboxylic acids is 1. The molecule has 2 aliphatic rings. The van der Waals surface area contributed by atoms with Crippen molar-refractivity contribution in [3.63, 3.8) is 0 Å². The van der Waals surface area contributed by atoms with E-state index in [0.717, 1.165) is 39.0 Å². The van der Waals surface area contributed by atoms with Crippen LogP contribution in [0.1, 0.15) is 24.3 Å². The van der Waals surface area contributed by atoms with E-state index in [2.05, 4.69) is 34.5 Å². The molecule has 0 radical (unpaired) electrons. The Morgan fingerprint density at radius 1 is 1.22 bits per heavy atom.